The fourth-order valence-corrected chi connectivity index (χ4v) is 3.37. The van der Waals surface area contributed by atoms with E-state index in [1.54, 1.807) is 11.8 Å². The molecule has 1 amide bonds. The lowest BCUT2D eigenvalue weighted by Crippen LogP contribution is -2.49. The Balaban J connectivity index is 1.70. The molecule has 19 heavy (non-hydrogen) atoms. The third-order valence-electron chi connectivity index (χ3n) is 3.39. The van der Waals surface area contributed by atoms with Crippen LogP contribution >= 0.6 is 11.8 Å². The van der Waals surface area contributed by atoms with Gasteiger partial charge in [0.2, 0.25) is 5.91 Å². The third-order valence-corrected chi connectivity index (χ3v) is 4.48. The average molecular weight is 275 g/mol. The molecule has 1 saturated heterocycles. The molecule has 0 spiro atoms. The molecular weight excluding hydrogens is 258 g/mol. The van der Waals surface area contributed by atoms with Gasteiger partial charge in [-0.15, -0.1) is 11.8 Å². The van der Waals surface area contributed by atoms with Gasteiger partial charge in [0, 0.05) is 37.5 Å². The van der Waals surface area contributed by atoms with E-state index in [9.17, 15) is 4.79 Å². The number of benzene rings is 1. The lowest BCUT2D eigenvalue weighted by atomic mass is 10.2. The predicted octanol–water partition coefficient (Wildman–Crippen LogP) is 0.980. The number of rotatable bonds is 2. The van der Waals surface area contributed by atoms with Crippen LogP contribution in [-0.2, 0) is 4.79 Å². The van der Waals surface area contributed by atoms with Crippen LogP contribution in [0, 0.1) is 0 Å². The van der Waals surface area contributed by atoms with Crippen molar-refractivity contribution in [2.45, 2.75) is 6.04 Å². The van der Waals surface area contributed by atoms with E-state index in [0.29, 0.717) is 0 Å². The van der Waals surface area contributed by atoms with E-state index in [-0.39, 0.29) is 11.9 Å². The van der Waals surface area contributed by atoms with Crippen molar-refractivity contribution in [3.05, 3.63) is 35.9 Å². The number of carbonyl (C=O) groups excluding carboxylic acids is 1. The van der Waals surface area contributed by atoms with Gasteiger partial charge in [0.25, 0.3) is 0 Å². The summed E-state index contributed by atoms with van der Waals surface area (Å²) in [5.74, 6) is 0.951. The molecule has 3 rings (SSSR count). The lowest BCUT2D eigenvalue weighted by Gasteiger charge is -2.28. The summed E-state index contributed by atoms with van der Waals surface area (Å²) in [4.78, 5) is 18.9. The van der Waals surface area contributed by atoms with E-state index in [0.717, 1.165) is 42.5 Å². The number of hydrogen-bond acceptors (Lipinski definition) is 4. The summed E-state index contributed by atoms with van der Waals surface area (Å²) >= 11 is 1.68. The molecule has 4 nitrogen and oxygen atoms in total. The molecule has 1 aromatic rings. The summed E-state index contributed by atoms with van der Waals surface area (Å²) in [6.07, 6.45) is 0. The van der Waals surface area contributed by atoms with Crippen LogP contribution < -0.4 is 5.32 Å². The van der Waals surface area contributed by atoms with E-state index >= 15 is 0 Å². The summed E-state index contributed by atoms with van der Waals surface area (Å²) in [5, 5.41) is 4.25. The van der Waals surface area contributed by atoms with Gasteiger partial charge >= 0.3 is 0 Å². The number of thioether (sulfide) groups is 1. The van der Waals surface area contributed by atoms with Crippen molar-refractivity contribution >= 4 is 22.7 Å². The summed E-state index contributed by atoms with van der Waals surface area (Å²) < 4.78 is 0. The summed E-state index contributed by atoms with van der Waals surface area (Å²) in [6, 6.07) is 9.90. The minimum Gasteiger partial charge on any atom is -0.338 e. The van der Waals surface area contributed by atoms with Crippen LogP contribution in [0.3, 0.4) is 0 Å². The number of amides is 1. The standard InChI is InChI=1S/C14H17N3OS/c18-14(17-8-6-15-7-9-17)12-10-19-13(16-12)11-4-2-1-3-5-11/h1-5,12,15H,6-10H2. The molecule has 0 aromatic heterocycles. The van der Waals surface area contributed by atoms with Gasteiger partial charge in [-0.2, -0.15) is 0 Å². The van der Waals surface area contributed by atoms with Crippen LogP contribution in [0.4, 0.5) is 0 Å². The van der Waals surface area contributed by atoms with E-state index < -0.39 is 0 Å². The van der Waals surface area contributed by atoms with Gasteiger partial charge in [-0.3, -0.25) is 9.79 Å². The number of piperazine rings is 1. The highest BCUT2D eigenvalue weighted by Crippen LogP contribution is 2.24. The van der Waals surface area contributed by atoms with Crippen LogP contribution in [0.2, 0.25) is 0 Å². The molecule has 2 heterocycles. The maximum absolute atomic E-state index is 12.4. The van der Waals surface area contributed by atoms with Gasteiger partial charge in [0.1, 0.15) is 6.04 Å². The first-order valence-corrected chi connectivity index (χ1v) is 7.59. The van der Waals surface area contributed by atoms with Gasteiger partial charge in [-0.25, -0.2) is 0 Å². The van der Waals surface area contributed by atoms with Crippen LogP contribution in [0.25, 0.3) is 0 Å². The minimum absolute atomic E-state index is 0.180. The lowest BCUT2D eigenvalue weighted by molar-refractivity contribution is -0.132. The number of aliphatic imine (C=N–C) groups is 1. The topological polar surface area (TPSA) is 44.7 Å². The van der Waals surface area contributed by atoms with Crippen LogP contribution in [-0.4, -0.2) is 53.8 Å². The second-order valence-corrected chi connectivity index (χ2v) is 5.71. The molecule has 0 bridgehead atoms. The zero-order valence-electron chi connectivity index (χ0n) is 10.7. The first-order chi connectivity index (χ1) is 9.34. The van der Waals surface area contributed by atoms with Crippen molar-refractivity contribution in [1.82, 2.24) is 10.2 Å². The van der Waals surface area contributed by atoms with Gasteiger partial charge in [-0.1, -0.05) is 30.3 Å². The number of nitrogens with zero attached hydrogens (tertiary/aromatic N) is 2. The Morgan fingerprint density at radius 3 is 2.74 bits per heavy atom. The molecule has 5 heteroatoms. The molecule has 0 aliphatic carbocycles. The fraction of sp³-hybridized carbons (Fsp3) is 0.429. The Kier molecular flexibility index (Phi) is 3.84. The second-order valence-electron chi connectivity index (χ2n) is 4.70. The zero-order valence-corrected chi connectivity index (χ0v) is 11.5. The summed E-state index contributed by atoms with van der Waals surface area (Å²) in [6.45, 7) is 3.38. The molecule has 0 saturated carbocycles. The SMILES string of the molecule is O=C(C1CSC(c2ccccc2)=N1)N1CCNCC1. The highest BCUT2D eigenvalue weighted by atomic mass is 32.2. The van der Waals surface area contributed by atoms with Gasteiger partial charge in [0.15, 0.2) is 0 Å². The Morgan fingerprint density at radius 2 is 2.00 bits per heavy atom. The molecule has 1 aromatic carbocycles. The highest BCUT2D eigenvalue weighted by molar-refractivity contribution is 8.14. The molecule has 1 unspecified atom stereocenters. The van der Waals surface area contributed by atoms with Crippen LogP contribution in [0.5, 0.6) is 0 Å². The number of nitrogens with one attached hydrogen (secondary N) is 1. The average Bonchev–Trinajstić information content (AvgIpc) is 2.98. The van der Waals surface area contributed by atoms with Crippen molar-refractivity contribution in [2.75, 3.05) is 31.9 Å². The van der Waals surface area contributed by atoms with Crippen molar-refractivity contribution in [3.8, 4) is 0 Å². The number of hydrogen-bond donors (Lipinski definition) is 1. The third kappa shape index (κ3) is 2.82. The molecule has 2 aliphatic rings. The first kappa shape index (κ1) is 12.7. The molecule has 1 atom stereocenters. The van der Waals surface area contributed by atoms with Crippen molar-refractivity contribution in [2.24, 2.45) is 4.99 Å². The fourth-order valence-electron chi connectivity index (χ4n) is 2.34. The second kappa shape index (κ2) is 5.75. The van der Waals surface area contributed by atoms with E-state index in [2.05, 4.69) is 10.3 Å². The Bertz CT molecular complexity index is 483. The Hall–Kier alpha value is -1.33. The summed E-state index contributed by atoms with van der Waals surface area (Å²) in [5.41, 5.74) is 1.11. The van der Waals surface area contributed by atoms with Gasteiger partial charge in [0.05, 0.1) is 5.04 Å². The maximum Gasteiger partial charge on any atom is 0.248 e. The zero-order chi connectivity index (χ0) is 13.1. The predicted molar refractivity (Wildman–Crippen MR) is 78.7 cm³/mol. The van der Waals surface area contributed by atoms with Crippen LogP contribution in [0.15, 0.2) is 35.3 Å². The molecule has 2 aliphatic heterocycles. The van der Waals surface area contributed by atoms with Crippen molar-refractivity contribution < 1.29 is 4.79 Å². The summed E-state index contributed by atoms with van der Waals surface area (Å²) in [7, 11) is 0. The smallest absolute Gasteiger partial charge is 0.248 e. The molecule has 100 valence electrons. The highest BCUT2D eigenvalue weighted by Gasteiger charge is 2.29. The van der Waals surface area contributed by atoms with Crippen molar-refractivity contribution in [3.63, 3.8) is 0 Å². The maximum atomic E-state index is 12.4. The Morgan fingerprint density at radius 1 is 1.26 bits per heavy atom. The van der Waals surface area contributed by atoms with Gasteiger partial charge in [-0.05, 0) is 0 Å². The first-order valence-electron chi connectivity index (χ1n) is 6.60. The molecule has 0 radical (unpaired) electrons. The van der Waals surface area contributed by atoms with E-state index in [4.69, 9.17) is 0 Å². The monoisotopic (exact) mass is 275 g/mol. The largest absolute Gasteiger partial charge is 0.338 e. The van der Waals surface area contributed by atoms with E-state index in [1.807, 2.05) is 35.2 Å². The molecule has 1 fully saturated rings. The molecule has 1 N–H and O–H groups in total. The molecular formula is C14H17N3OS. The van der Waals surface area contributed by atoms with E-state index in [1.165, 1.54) is 0 Å². The van der Waals surface area contributed by atoms with Crippen molar-refractivity contribution in [1.29, 1.82) is 0 Å². The normalized spacial score (nSPS) is 23.3. The van der Waals surface area contributed by atoms with Gasteiger partial charge < -0.3 is 10.2 Å². The number of carbonyl (C=O) groups is 1. The quantitative estimate of drug-likeness (QED) is 0.875. The minimum atomic E-state index is -0.196. The van der Waals surface area contributed by atoms with Crippen LogP contribution in [0.1, 0.15) is 5.56 Å². The Labute approximate surface area is 117 Å².